The fraction of sp³-hybridized carbons (Fsp3) is 0.273. The minimum atomic E-state index is -0.476. The van der Waals surface area contributed by atoms with Crippen LogP contribution in [0.4, 0.5) is 11.4 Å². The summed E-state index contributed by atoms with van der Waals surface area (Å²) in [6.07, 6.45) is 1.83. The molecule has 0 aliphatic heterocycles. The fourth-order valence-corrected chi connectivity index (χ4v) is 2.16. The third kappa shape index (κ3) is 2.54. The Balaban J connectivity index is 2.36. The summed E-state index contributed by atoms with van der Waals surface area (Å²) in [7, 11) is 1.63. The van der Waals surface area contributed by atoms with Crippen molar-refractivity contribution in [2.75, 3.05) is 11.1 Å². The number of hydrogen-bond donors (Lipinski definition) is 2. The number of amides is 1. The van der Waals surface area contributed by atoms with Crippen molar-refractivity contribution >= 4 is 40.5 Å². The van der Waals surface area contributed by atoms with Crippen molar-refractivity contribution in [2.24, 2.45) is 7.05 Å². The van der Waals surface area contributed by atoms with Crippen molar-refractivity contribution in [3.63, 3.8) is 0 Å². The lowest BCUT2D eigenvalue weighted by Crippen LogP contribution is -2.18. The van der Waals surface area contributed by atoms with Crippen LogP contribution in [-0.2, 0) is 13.5 Å². The molecule has 1 amide bonds. The van der Waals surface area contributed by atoms with Gasteiger partial charge in [-0.3, -0.25) is 9.48 Å². The van der Waals surface area contributed by atoms with Crippen molar-refractivity contribution in [1.29, 1.82) is 0 Å². The standard InChI is InChI=1S/C11H12Cl2N6O/c1-3-5-6(14)8(19(2)18-5)11(20)17-7-9(12)15-4-16-10(7)13/h4H,3,14H2,1-2H3,(H,17,20). The smallest absolute Gasteiger partial charge is 0.276 e. The Morgan fingerprint density at radius 3 is 2.50 bits per heavy atom. The van der Waals surface area contributed by atoms with Gasteiger partial charge in [-0.05, 0) is 6.42 Å². The van der Waals surface area contributed by atoms with Gasteiger partial charge in [0.25, 0.3) is 5.91 Å². The molecule has 106 valence electrons. The maximum absolute atomic E-state index is 12.3. The van der Waals surface area contributed by atoms with Crippen molar-refractivity contribution in [2.45, 2.75) is 13.3 Å². The maximum atomic E-state index is 12.3. The average molecular weight is 315 g/mol. The first-order valence-electron chi connectivity index (χ1n) is 5.74. The second-order valence-electron chi connectivity index (χ2n) is 3.97. The van der Waals surface area contributed by atoms with E-state index in [0.29, 0.717) is 17.8 Å². The first-order chi connectivity index (χ1) is 9.45. The van der Waals surface area contributed by atoms with Crippen LogP contribution in [0.5, 0.6) is 0 Å². The number of anilines is 2. The highest BCUT2D eigenvalue weighted by Gasteiger charge is 2.21. The Labute approximate surface area is 125 Å². The number of nitrogen functional groups attached to an aromatic ring is 1. The van der Waals surface area contributed by atoms with E-state index >= 15 is 0 Å². The summed E-state index contributed by atoms with van der Waals surface area (Å²) in [6.45, 7) is 1.90. The summed E-state index contributed by atoms with van der Waals surface area (Å²) < 4.78 is 1.41. The number of carbonyl (C=O) groups excluding carboxylic acids is 1. The van der Waals surface area contributed by atoms with E-state index in [1.807, 2.05) is 6.92 Å². The molecule has 0 unspecified atom stereocenters. The van der Waals surface area contributed by atoms with Gasteiger partial charge in [0.1, 0.15) is 17.7 Å². The number of rotatable bonds is 3. The minimum absolute atomic E-state index is 0.0507. The van der Waals surface area contributed by atoms with Gasteiger partial charge in [0, 0.05) is 7.05 Å². The molecule has 2 heterocycles. The Hall–Kier alpha value is -1.86. The van der Waals surface area contributed by atoms with Gasteiger partial charge < -0.3 is 11.1 Å². The molecule has 0 atom stereocenters. The summed E-state index contributed by atoms with van der Waals surface area (Å²) in [5, 5.41) is 6.82. The van der Waals surface area contributed by atoms with Gasteiger partial charge in [0.15, 0.2) is 10.3 Å². The molecule has 0 spiro atoms. The molecule has 3 N–H and O–H groups in total. The van der Waals surface area contributed by atoms with Crippen LogP contribution in [0.2, 0.25) is 10.3 Å². The molecule has 2 rings (SSSR count). The van der Waals surface area contributed by atoms with Crippen LogP contribution in [0.1, 0.15) is 23.1 Å². The van der Waals surface area contributed by atoms with E-state index in [1.54, 1.807) is 7.05 Å². The number of nitrogens with one attached hydrogen (secondary N) is 1. The highest BCUT2D eigenvalue weighted by atomic mass is 35.5. The minimum Gasteiger partial charge on any atom is -0.395 e. The highest BCUT2D eigenvalue weighted by molar-refractivity contribution is 6.38. The van der Waals surface area contributed by atoms with Crippen LogP contribution in [0.25, 0.3) is 0 Å². The fourth-order valence-electron chi connectivity index (χ4n) is 1.75. The van der Waals surface area contributed by atoms with E-state index in [2.05, 4.69) is 20.4 Å². The molecule has 0 bridgehead atoms. The summed E-state index contributed by atoms with van der Waals surface area (Å²) in [5.74, 6) is -0.476. The van der Waals surface area contributed by atoms with Gasteiger partial charge >= 0.3 is 0 Å². The van der Waals surface area contributed by atoms with Crippen LogP contribution in [0.15, 0.2) is 6.33 Å². The summed E-state index contributed by atoms with van der Waals surface area (Å²) in [6, 6.07) is 0. The van der Waals surface area contributed by atoms with E-state index in [4.69, 9.17) is 28.9 Å². The monoisotopic (exact) mass is 314 g/mol. The zero-order chi connectivity index (χ0) is 14.9. The number of carbonyl (C=O) groups is 1. The molecule has 0 aliphatic rings. The van der Waals surface area contributed by atoms with Crippen LogP contribution in [0.3, 0.4) is 0 Å². The van der Waals surface area contributed by atoms with Crippen molar-refractivity contribution in [1.82, 2.24) is 19.7 Å². The summed E-state index contributed by atoms with van der Waals surface area (Å²) in [4.78, 5) is 19.8. The Bertz CT molecular complexity index is 649. The highest BCUT2D eigenvalue weighted by Crippen LogP contribution is 2.27. The molecular formula is C11H12Cl2N6O. The predicted octanol–water partition coefficient (Wildman–Crippen LogP) is 1.91. The van der Waals surface area contributed by atoms with E-state index in [0.717, 1.165) is 0 Å². The van der Waals surface area contributed by atoms with Crippen molar-refractivity contribution in [3.05, 3.63) is 28.0 Å². The molecule has 0 aromatic carbocycles. The van der Waals surface area contributed by atoms with Gasteiger partial charge in [-0.15, -0.1) is 0 Å². The number of nitrogens with zero attached hydrogens (tertiary/aromatic N) is 4. The van der Waals surface area contributed by atoms with Crippen LogP contribution >= 0.6 is 23.2 Å². The quantitative estimate of drug-likeness (QED) is 0.843. The maximum Gasteiger partial charge on any atom is 0.276 e. The lowest BCUT2D eigenvalue weighted by Gasteiger charge is -2.08. The van der Waals surface area contributed by atoms with E-state index in [9.17, 15) is 4.79 Å². The van der Waals surface area contributed by atoms with Gasteiger partial charge in [0.2, 0.25) is 0 Å². The SMILES string of the molecule is CCc1nn(C)c(C(=O)Nc2c(Cl)ncnc2Cl)c1N. The Kier molecular flexibility index (Phi) is 4.10. The van der Waals surface area contributed by atoms with E-state index in [-0.39, 0.29) is 21.7 Å². The van der Waals surface area contributed by atoms with Gasteiger partial charge in [-0.25, -0.2) is 9.97 Å². The topological polar surface area (TPSA) is 98.7 Å². The van der Waals surface area contributed by atoms with Crippen molar-refractivity contribution < 1.29 is 4.79 Å². The van der Waals surface area contributed by atoms with Gasteiger partial charge in [-0.2, -0.15) is 5.10 Å². The zero-order valence-corrected chi connectivity index (χ0v) is 12.3. The molecule has 9 heteroatoms. The van der Waals surface area contributed by atoms with Crippen LogP contribution in [0, 0.1) is 0 Å². The Morgan fingerprint density at radius 2 is 2.00 bits per heavy atom. The second-order valence-corrected chi connectivity index (χ2v) is 4.69. The molecule has 0 aliphatic carbocycles. The lowest BCUT2D eigenvalue weighted by molar-refractivity contribution is 0.101. The molecule has 2 aromatic heterocycles. The number of nitrogens with two attached hydrogens (primary N) is 1. The summed E-state index contributed by atoms with van der Waals surface area (Å²) in [5.41, 5.74) is 7.26. The van der Waals surface area contributed by atoms with Gasteiger partial charge in [-0.1, -0.05) is 30.1 Å². The predicted molar refractivity (Wildman–Crippen MR) is 77.0 cm³/mol. The van der Waals surface area contributed by atoms with Crippen LogP contribution in [-0.4, -0.2) is 25.7 Å². The van der Waals surface area contributed by atoms with Gasteiger partial charge in [0.05, 0.1) is 11.4 Å². The Morgan fingerprint density at radius 1 is 1.40 bits per heavy atom. The normalized spacial score (nSPS) is 10.6. The molecule has 0 fully saturated rings. The molecule has 0 saturated heterocycles. The van der Waals surface area contributed by atoms with E-state index < -0.39 is 5.91 Å². The third-order valence-electron chi connectivity index (χ3n) is 2.70. The average Bonchev–Trinajstić information content (AvgIpc) is 2.68. The van der Waals surface area contributed by atoms with E-state index in [1.165, 1.54) is 11.0 Å². The third-order valence-corrected chi connectivity index (χ3v) is 3.28. The number of aryl methyl sites for hydroxylation is 2. The molecule has 2 aromatic rings. The number of aromatic nitrogens is 4. The first kappa shape index (κ1) is 14.5. The molecular weight excluding hydrogens is 303 g/mol. The lowest BCUT2D eigenvalue weighted by atomic mass is 10.2. The number of halogens is 2. The number of hydrogen-bond acceptors (Lipinski definition) is 5. The zero-order valence-electron chi connectivity index (χ0n) is 10.8. The summed E-state index contributed by atoms with van der Waals surface area (Å²) >= 11 is 11.7. The molecule has 0 saturated carbocycles. The van der Waals surface area contributed by atoms with Crippen LogP contribution < -0.4 is 11.1 Å². The van der Waals surface area contributed by atoms with Crippen molar-refractivity contribution in [3.8, 4) is 0 Å². The first-order valence-corrected chi connectivity index (χ1v) is 6.50. The molecule has 7 nitrogen and oxygen atoms in total. The molecule has 20 heavy (non-hydrogen) atoms. The molecule has 0 radical (unpaired) electrons. The largest absolute Gasteiger partial charge is 0.395 e. The second kappa shape index (κ2) is 5.64.